The fraction of sp³-hybridized carbons (Fsp3) is 0.300. The van der Waals surface area contributed by atoms with Gasteiger partial charge in [-0.3, -0.25) is 9.59 Å². The third-order valence-electron chi connectivity index (χ3n) is 3.93. The number of carbonyl (C=O) groups is 2. The molecule has 1 atom stereocenters. The van der Waals surface area contributed by atoms with Crippen molar-refractivity contribution >= 4 is 11.8 Å². The number of benzene rings is 2. The summed E-state index contributed by atoms with van der Waals surface area (Å²) in [6.07, 6.45) is 0. The van der Waals surface area contributed by atoms with Crippen LogP contribution in [-0.2, 0) is 9.59 Å². The number of hydrogen-bond donors (Lipinski definition) is 0. The maximum absolute atomic E-state index is 12.5. The van der Waals surface area contributed by atoms with Crippen LogP contribution in [0.25, 0.3) is 0 Å². The van der Waals surface area contributed by atoms with Gasteiger partial charge in [-0.15, -0.1) is 0 Å². The van der Waals surface area contributed by atoms with Crippen LogP contribution in [0, 0.1) is 0 Å². The highest BCUT2D eigenvalue weighted by atomic mass is 16.5. The van der Waals surface area contributed by atoms with E-state index in [0.717, 1.165) is 5.56 Å². The van der Waals surface area contributed by atoms with Crippen LogP contribution in [0.5, 0.6) is 23.0 Å². The van der Waals surface area contributed by atoms with E-state index in [1.165, 1.54) is 28.1 Å². The lowest BCUT2D eigenvalue weighted by Gasteiger charge is -2.22. The van der Waals surface area contributed by atoms with Crippen molar-refractivity contribution in [2.45, 2.75) is 19.8 Å². The largest absolute Gasteiger partial charge is 0.497 e. The molecule has 0 saturated heterocycles. The van der Waals surface area contributed by atoms with Crippen LogP contribution < -0.4 is 18.9 Å². The van der Waals surface area contributed by atoms with E-state index in [-0.39, 0.29) is 11.5 Å². The number of hydrogen-bond acceptors (Lipinski definition) is 6. The van der Waals surface area contributed by atoms with Gasteiger partial charge in [0.15, 0.2) is 0 Å². The molecule has 0 aliphatic carbocycles. The zero-order chi connectivity index (χ0) is 19.3. The van der Waals surface area contributed by atoms with Crippen LogP contribution in [0.3, 0.4) is 0 Å². The summed E-state index contributed by atoms with van der Waals surface area (Å²) in [5.41, 5.74) is 1.20. The number of ether oxygens (including phenoxy) is 4. The van der Waals surface area contributed by atoms with Gasteiger partial charge in [0.05, 0.1) is 32.8 Å². The molecule has 1 unspecified atom stereocenters. The molecule has 0 bridgehead atoms. The number of carbonyl (C=O) groups excluding carboxylic acids is 2. The Hall–Kier alpha value is -3.02. The van der Waals surface area contributed by atoms with Crippen molar-refractivity contribution < 1.29 is 28.5 Å². The Labute approximate surface area is 152 Å². The zero-order valence-electron chi connectivity index (χ0n) is 15.5. The molecule has 6 heteroatoms. The minimum atomic E-state index is -0.670. The van der Waals surface area contributed by atoms with Crippen molar-refractivity contribution in [2.75, 3.05) is 21.3 Å². The summed E-state index contributed by atoms with van der Waals surface area (Å²) < 4.78 is 21.2. The highest BCUT2D eigenvalue weighted by Gasteiger charge is 2.28. The predicted octanol–water partition coefficient (Wildman–Crippen LogP) is 3.36. The second-order valence-corrected chi connectivity index (χ2v) is 5.65. The summed E-state index contributed by atoms with van der Waals surface area (Å²) in [5.74, 6) is 0.472. The van der Waals surface area contributed by atoms with Gasteiger partial charge in [0.1, 0.15) is 28.8 Å². The van der Waals surface area contributed by atoms with E-state index in [9.17, 15) is 9.59 Å². The highest BCUT2D eigenvalue weighted by molar-refractivity contribution is 5.89. The van der Waals surface area contributed by atoms with Crippen molar-refractivity contribution in [3.8, 4) is 23.0 Å². The molecule has 0 aliphatic rings. The molecule has 0 fully saturated rings. The lowest BCUT2D eigenvalue weighted by Crippen LogP contribution is -2.15. The highest BCUT2D eigenvalue weighted by Crippen LogP contribution is 2.42. The summed E-state index contributed by atoms with van der Waals surface area (Å²) in [7, 11) is 4.56. The first-order valence-corrected chi connectivity index (χ1v) is 8.00. The third-order valence-corrected chi connectivity index (χ3v) is 3.93. The van der Waals surface area contributed by atoms with Crippen LogP contribution in [0.15, 0.2) is 36.4 Å². The van der Waals surface area contributed by atoms with Gasteiger partial charge in [-0.2, -0.15) is 0 Å². The van der Waals surface area contributed by atoms with Crippen molar-refractivity contribution in [3.63, 3.8) is 0 Å². The molecule has 2 aromatic carbocycles. The Balaban J connectivity index is 2.69. The van der Waals surface area contributed by atoms with Crippen molar-refractivity contribution in [2.24, 2.45) is 0 Å². The normalized spacial score (nSPS) is 11.4. The second kappa shape index (κ2) is 8.38. The number of Topliss-reactive ketones (excluding diaryl/α,β-unsaturated/α-hetero) is 1. The van der Waals surface area contributed by atoms with Crippen LogP contribution in [-0.4, -0.2) is 33.1 Å². The summed E-state index contributed by atoms with van der Waals surface area (Å²) in [6, 6.07) is 10.4. The van der Waals surface area contributed by atoms with Gasteiger partial charge in [-0.25, -0.2) is 0 Å². The third kappa shape index (κ3) is 4.14. The summed E-state index contributed by atoms with van der Waals surface area (Å²) in [5, 5.41) is 0. The van der Waals surface area contributed by atoms with Gasteiger partial charge in [-0.05, 0) is 24.6 Å². The molecule has 0 N–H and O–H groups in total. The summed E-state index contributed by atoms with van der Waals surface area (Å²) in [6.45, 7) is 2.78. The molecule has 2 aromatic rings. The quantitative estimate of drug-likeness (QED) is 0.558. The Kier molecular flexibility index (Phi) is 6.22. The second-order valence-electron chi connectivity index (χ2n) is 5.65. The van der Waals surface area contributed by atoms with E-state index in [1.807, 2.05) is 0 Å². The minimum absolute atomic E-state index is 0.118. The van der Waals surface area contributed by atoms with E-state index < -0.39 is 11.9 Å². The van der Waals surface area contributed by atoms with E-state index in [4.69, 9.17) is 18.9 Å². The fourth-order valence-corrected chi connectivity index (χ4v) is 2.79. The molecule has 0 saturated carbocycles. The molecule has 0 radical (unpaired) electrons. The van der Waals surface area contributed by atoms with E-state index in [1.54, 1.807) is 43.5 Å². The number of methoxy groups -OCH3 is 3. The van der Waals surface area contributed by atoms with Gasteiger partial charge in [-0.1, -0.05) is 12.1 Å². The molecular formula is C20H22O6. The van der Waals surface area contributed by atoms with E-state index in [0.29, 0.717) is 22.8 Å². The molecule has 0 aromatic heterocycles. The maximum Gasteiger partial charge on any atom is 0.308 e. The maximum atomic E-state index is 12.5. The Morgan fingerprint density at radius 1 is 0.808 bits per heavy atom. The first-order valence-electron chi connectivity index (χ1n) is 8.00. The average molecular weight is 358 g/mol. The van der Waals surface area contributed by atoms with Crippen LogP contribution in [0.4, 0.5) is 0 Å². The molecule has 0 aliphatic heterocycles. The first kappa shape index (κ1) is 19.3. The molecule has 0 heterocycles. The predicted molar refractivity (Wildman–Crippen MR) is 96.4 cm³/mol. The molecular weight excluding hydrogens is 336 g/mol. The number of rotatable bonds is 7. The molecule has 0 spiro atoms. The Bertz CT molecular complexity index is 795. The number of ketones is 1. The SMILES string of the molecule is COc1ccc(C(C(C)=O)c2c(OC)cc(OC)cc2OC(C)=O)cc1. The van der Waals surface area contributed by atoms with Crippen LogP contribution >= 0.6 is 0 Å². The first-order chi connectivity index (χ1) is 12.4. The lowest BCUT2D eigenvalue weighted by atomic mass is 9.86. The lowest BCUT2D eigenvalue weighted by molar-refractivity contribution is -0.132. The summed E-state index contributed by atoms with van der Waals surface area (Å²) >= 11 is 0. The topological polar surface area (TPSA) is 71.1 Å². The number of esters is 1. The molecule has 0 amide bonds. The van der Waals surface area contributed by atoms with Crippen molar-refractivity contribution in [1.82, 2.24) is 0 Å². The Morgan fingerprint density at radius 3 is 1.85 bits per heavy atom. The van der Waals surface area contributed by atoms with Gasteiger partial charge in [0.25, 0.3) is 0 Å². The minimum Gasteiger partial charge on any atom is -0.497 e. The smallest absolute Gasteiger partial charge is 0.308 e. The van der Waals surface area contributed by atoms with Gasteiger partial charge >= 0.3 is 5.97 Å². The van der Waals surface area contributed by atoms with E-state index >= 15 is 0 Å². The molecule has 6 nitrogen and oxygen atoms in total. The summed E-state index contributed by atoms with van der Waals surface area (Å²) in [4.78, 5) is 24.1. The van der Waals surface area contributed by atoms with Gasteiger partial charge in [0.2, 0.25) is 0 Å². The zero-order valence-corrected chi connectivity index (χ0v) is 15.5. The average Bonchev–Trinajstić information content (AvgIpc) is 2.62. The van der Waals surface area contributed by atoms with Crippen molar-refractivity contribution in [1.29, 1.82) is 0 Å². The van der Waals surface area contributed by atoms with Crippen molar-refractivity contribution in [3.05, 3.63) is 47.5 Å². The monoisotopic (exact) mass is 358 g/mol. The van der Waals surface area contributed by atoms with Gasteiger partial charge in [0, 0.05) is 19.1 Å². The molecule has 138 valence electrons. The van der Waals surface area contributed by atoms with Gasteiger partial charge < -0.3 is 18.9 Å². The van der Waals surface area contributed by atoms with E-state index in [2.05, 4.69) is 0 Å². The Morgan fingerprint density at radius 2 is 1.38 bits per heavy atom. The fourth-order valence-electron chi connectivity index (χ4n) is 2.79. The van der Waals surface area contributed by atoms with Crippen LogP contribution in [0.2, 0.25) is 0 Å². The molecule has 26 heavy (non-hydrogen) atoms. The molecule has 2 rings (SSSR count). The van der Waals surface area contributed by atoms with Crippen LogP contribution in [0.1, 0.15) is 30.9 Å². The standard InChI is InChI=1S/C20H22O6/c1-12(21)19(14-6-8-15(23-3)9-7-14)20-17(25-5)10-16(24-4)11-18(20)26-13(2)22/h6-11,19H,1-5H3.